The molecule has 0 amide bonds. The zero-order valence-electron chi connectivity index (χ0n) is 12.5. The fraction of sp³-hybridized carbons (Fsp3) is 0.562. The normalized spacial score (nSPS) is 17.8. The molecule has 3 heterocycles. The van der Waals surface area contributed by atoms with Gasteiger partial charge in [0.1, 0.15) is 0 Å². The van der Waals surface area contributed by atoms with Crippen molar-refractivity contribution in [1.29, 1.82) is 0 Å². The molecule has 0 bridgehead atoms. The molecule has 0 aliphatic carbocycles. The van der Waals surface area contributed by atoms with E-state index in [4.69, 9.17) is 4.52 Å². The van der Waals surface area contributed by atoms with Crippen molar-refractivity contribution in [3.05, 3.63) is 41.8 Å². The molecule has 0 unspecified atom stereocenters. The first-order chi connectivity index (χ1) is 10.3. The van der Waals surface area contributed by atoms with Crippen LogP contribution in [0.15, 0.2) is 28.9 Å². The first-order valence-corrected chi connectivity index (χ1v) is 7.76. The van der Waals surface area contributed by atoms with Gasteiger partial charge in [0.05, 0.1) is 11.8 Å². The maximum Gasteiger partial charge on any atom is 0.232 e. The van der Waals surface area contributed by atoms with Gasteiger partial charge in [-0.25, -0.2) is 0 Å². The highest BCUT2D eigenvalue weighted by Gasteiger charge is 2.38. The lowest BCUT2D eigenvalue weighted by molar-refractivity contribution is 0.208. The van der Waals surface area contributed by atoms with Gasteiger partial charge in [0.2, 0.25) is 5.89 Å². The van der Waals surface area contributed by atoms with Crippen molar-refractivity contribution in [3.8, 4) is 0 Å². The molecule has 1 fully saturated rings. The fourth-order valence-corrected chi connectivity index (χ4v) is 3.16. The van der Waals surface area contributed by atoms with E-state index in [0.29, 0.717) is 6.42 Å². The minimum atomic E-state index is 0.0648. The largest absolute Gasteiger partial charge is 0.339 e. The molecule has 1 aliphatic heterocycles. The highest BCUT2D eigenvalue weighted by molar-refractivity contribution is 5.12. The van der Waals surface area contributed by atoms with Crippen LogP contribution in [-0.4, -0.2) is 28.2 Å². The van der Waals surface area contributed by atoms with Crippen LogP contribution >= 0.6 is 0 Å². The van der Waals surface area contributed by atoms with Gasteiger partial charge in [-0.05, 0) is 44.5 Å². The number of nitrogens with zero attached hydrogens (tertiary/aromatic N) is 3. The van der Waals surface area contributed by atoms with E-state index in [9.17, 15) is 0 Å². The summed E-state index contributed by atoms with van der Waals surface area (Å²) in [6.07, 6.45) is 6.82. The molecule has 0 aromatic carbocycles. The Morgan fingerprint density at radius 3 is 2.86 bits per heavy atom. The van der Waals surface area contributed by atoms with Gasteiger partial charge in [-0.15, -0.1) is 0 Å². The van der Waals surface area contributed by atoms with Crippen LogP contribution in [0, 0.1) is 0 Å². The lowest BCUT2D eigenvalue weighted by Crippen LogP contribution is -2.40. The van der Waals surface area contributed by atoms with Crippen LogP contribution in [0.4, 0.5) is 0 Å². The molecule has 0 radical (unpaired) electrons. The van der Waals surface area contributed by atoms with Crippen molar-refractivity contribution < 1.29 is 4.52 Å². The second-order valence-electron chi connectivity index (χ2n) is 5.79. The van der Waals surface area contributed by atoms with Crippen molar-refractivity contribution in [2.24, 2.45) is 0 Å². The average Bonchev–Trinajstić information content (AvgIpc) is 2.99. The Hall–Kier alpha value is -1.75. The predicted octanol–water partition coefficient (Wildman–Crippen LogP) is 2.48. The Bertz CT molecular complexity index is 555. The van der Waals surface area contributed by atoms with Crippen molar-refractivity contribution in [2.75, 3.05) is 13.1 Å². The van der Waals surface area contributed by atoms with Gasteiger partial charge in [-0.2, -0.15) is 4.98 Å². The molecule has 5 nitrogen and oxygen atoms in total. The van der Waals surface area contributed by atoms with Gasteiger partial charge in [0.25, 0.3) is 0 Å². The third kappa shape index (κ3) is 3.13. The summed E-state index contributed by atoms with van der Waals surface area (Å²) in [5.74, 6) is 1.55. The molecule has 0 spiro atoms. The Balaban J connectivity index is 1.79. The minimum absolute atomic E-state index is 0.0648. The van der Waals surface area contributed by atoms with Gasteiger partial charge in [0.15, 0.2) is 5.82 Å². The summed E-state index contributed by atoms with van der Waals surface area (Å²) in [5, 5.41) is 7.58. The molecular weight excluding hydrogens is 264 g/mol. The fourth-order valence-electron chi connectivity index (χ4n) is 3.16. The average molecular weight is 286 g/mol. The van der Waals surface area contributed by atoms with Crippen LogP contribution in [0.25, 0.3) is 0 Å². The van der Waals surface area contributed by atoms with Crippen LogP contribution in [0.2, 0.25) is 0 Å². The number of hydrogen-bond acceptors (Lipinski definition) is 5. The van der Waals surface area contributed by atoms with Crippen LogP contribution < -0.4 is 5.32 Å². The topological polar surface area (TPSA) is 63.8 Å². The molecule has 0 atom stereocenters. The van der Waals surface area contributed by atoms with E-state index < -0.39 is 0 Å². The standard InChI is InChI=1S/C16H22N4O/c1-2-6-16(7-10-17-11-8-16)15-19-14(20-21-15)12-13-5-3-4-9-18-13/h3-5,9,17H,2,6-8,10-12H2,1H3. The van der Waals surface area contributed by atoms with Gasteiger partial charge < -0.3 is 9.84 Å². The van der Waals surface area contributed by atoms with Crippen LogP contribution in [0.3, 0.4) is 0 Å². The summed E-state index contributed by atoms with van der Waals surface area (Å²) in [6.45, 7) is 4.27. The van der Waals surface area contributed by atoms with Crippen molar-refractivity contribution in [1.82, 2.24) is 20.4 Å². The molecule has 3 rings (SSSR count). The highest BCUT2D eigenvalue weighted by Crippen LogP contribution is 2.36. The smallest absolute Gasteiger partial charge is 0.232 e. The molecule has 5 heteroatoms. The van der Waals surface area contributed by atoms with Gasteiger partial charge in [0, 0.05) is 11.9 Å². The Labute approximate surface area is 125 Å². The molecule has 1 N–H and O–H groups in total. The molecule has 2 aromatic rings. The van der Waals surface area contributed by atoms with Gasteiger partial charge in [-0.3, -0.25) is 4.98 Å². The molecular formula is C16H22N4O. The lowest BCUT2D eigenvalue weighted by Gasteiger charge is -2.34. The Kier molecular flexibility index (Phi) is 4.29. The number of hydrogen-bond donors (Lipinski definition) is 1. The quantitative estimate of drug-likeness (QED) is 0.914. The first kappa shape index (κ1) is 14.2. The van der Waals surface area contributed by atoms with Crippen LogP contribution in [0.5, 0.6) is 0 Å². The number of aromatic nitrogens is 3. The van der Waals surface area contributed by atoms with E-state index in [1.54, 1.807) is 6.20 Å². The van der Waals surface area contributed by atoms with E-state index in [2.05, 4.69) is 27.4 Å². The number of piperidine rings is 1. The Morgan fingerprint density at radius 2 is 2.14 bits per heavy atom. The third-order valence-corrected chi connectivity index (χ3v) is 4.28. The zero-order valence-corrected chi connectivity index (χ0v) is 12.5. The molecule has 2 aromatic heterocycles. The minimum Gasteiger partial charge on any atom is -0.339 e. The first-order valence-electron chi connectivity index (χ1n) is 7.76. The SMILES string of the molecule is CCCC1(c2nc(Cc3ccccn3)no2)CCNCC1. The van der Waals surface area contributed by atoms with Crippen LogP contribution in [-0.2, 0) is 11.8 Å². The number of rotatable bonds is 5. The maximum atomic E-state index is 5.62. The summed E-state index contributed by atoms with van der Waals surface area (Å²) in [7, 11) is 0. The molecule has 0 saturated carbocycles. The summed E-state index contributed by atoms with van der Waals surface area (Å²) < 4.78 is 5.62. The molecule has 21 heavy (non-hydrogen) atoms. The van der Waals surface area contributed by atoms with Crippen molar-refractivity contribution in [2.45, 2.75) is 44.4 Å². The number of nitrogens with one attached hydrogen (secondary N) is 1. The van der Waals surface area contributed by atoms with E-state index in [1.807, 2.05) is 18.2 Å². The van der Waals surface area contributed by atoms with Crippen LogP contribution in [0.1, 0.15) is 50.0 Å². The number of pyridine rings is 1. The monoisotopic (exact) mass is 286 g/mol. The Morgan fingerprint density at radius 1 is 1.29 bits per heavy atom. The predicted molar refractivity (Wildman–Crippen MR) is 80.0 cm³/mol. The summed E-state index contributed by atoms with van der Waals surface area (Å²) in [5.41, 5.74) is 1.04. The third-order valence-electron chi connectivity index (χ3n) is 4.28. The second kappa shape index (κ2) is 6.35. The van der Waals surface area contributed by atoms with E-state index in [1.165, 1.54) is 0 Å². The molecule has 1 aliphatic rings. The van der Waals surface area contributed by atoms with E-state index in [0.717, 1.165) is 56.2 Å². The van der Waals surface area contributed by atoms with Crippen molar-refractivity contribution in [3.63, 3.8) is 0 Å². The summed E-state index contributed by atoms with van der Waals surface area (Å²) in [4.78, 5) is 8.99. The summed E-state index contributed by atoms with van der Waals surface area (Å²) >= 11 is 0. The highest BCUT2D eigenvalue weighted by atomic mass is 16.5. The second-order valence-corrected chi connectivity index (χ2v) is 5.79. The maximum absolute atomic E-state index is 5.62. The zero-order chi connectivity index (χ0) is 14.5. The lowest BCUT2D eigenvalue weighted by atomic mass is 9.75. The van der Waals surface area contributed by atoms with E-state index >= 15 is 0 Å². The molecule has 1 saturated heterocycles. The summed E-state index contributed by atoms with van der Waals surface area (Å²) in [6, 6.07) is 5.88. The van der Waals surface area contributed by atoms with Gasteiger partial charge >= 0.3 is 0 Å². The van der Waals surface area contributed by atoms with E-state index in [-0.39, 0.29) is 5.41 Å². The van der Waals surface area contributed by atoms with Crippen molar-refractivity contribution >= 4 is 0 Å². The van der Waals surface area contributed by atoms with Gasteiger partial charge in [-0.1, -0.05) is 24.6 Å². The molecule has 112 valence electrons.